The molecule has 0 saturated heterocycles. The number of carboxylic acids is 1. The van der Waals surface area contributed by atoms with Crippen molar-refractivity contribution >= 4 is 27.8 Å². The standard InChI is InChI=1S/C10H11BrN2O4/c1-5(14)8(10(16)17)13-9(15)7-3-2-6(11)4-12-7/h2-5,8,14H,1H3,(H,13,15)(H,16,17)/t5-,8+/m1/s1. The molecule has 92 valence electrons. The predicted octanol–water partition coefficient (Wildman–Crippen LogP) is 0.408. The van der Waals surface area contributed by atoms with Gasteiger partial charge in [-0.15, -0.1) is 0 Å². The molecule has 0 aromatic carbocycles. The molecule has 7 heteroatoms. The van der Waals surface area contributed by atoms with Crippen molar-refractivity contribution in [1.29, 1.82) is 0 Å². The number of aliphatic hydroxyl groups is 1. The van der Waals surface area contributed by atoms with Crippen LogP contribution in [0.25, 0.3) is 0 Å². The van der Waals surface area contributed by atoms with Gasteiger partial charge >= 0.3 is 5.97 Å². The second-order valence-corrected chi connectivity index (χ2v) is 4.31. The van der Waals surface area contributed by atoms with E-state index >= 15 is 0 Å². The number of carboxylic acid groups (broad SMARTS) is 1. The highest BCUT2D eigenvalue weighted by Crippen LogP contribution is 2.07. The molecule has 6 nitrogen and oxygen atoms in total. The first-order valence-electron chi connectivity index (χ1n) is 4.75. The van der Waals surface area contributed by atoms with E-state index in [1.54, 1.807) is 6.07 Å². The third kappa shape index (κ3) is 3.79. The molecular weight excluding hydrogens is 292 g/mol. The number of aliphatic hydroxyl groups excluding tert-OH is 1. The van der Waals surface area contributed by atoms with Crippen LogP contribution in [0.3, 0.4) is 0 Å². The maximum atomic E-state index is 11.6. The Hall–Kier alpha value is -1.47. The smallest absolute Gasteiger partial charge is 0.328 e. The first kappa shape index (κ1) is 13.6. The van der Waals surface area contributed by atoms with Crippen molar-refractivity contribution in [3.05, 3.63) is 28.5 Å². The molecule has 2 atom stereocenters. The lowest BCUT2D eigenvalue weighted by molar-refractivity contribution is -0.141. The maximum Gasteiger partial charge on any atom is 0.328 e. The van der Waals surface area contributed by atoms with E-state index in [1.807, 2.05) is 0 Å². The number of carbonyl (C=O) groups excluding carboxylic acids is 1. The molecule has 3 N–H and O–H groups in total. The van der Waals surface area contributed by atoms with Crippen molar-refractivity contribution in [1.82, 2.24) is 10.3 Å². The molecule has 1 rings (SSSR count). The Labute approximate surface area is 106 Å². The Morgan fingerprint density at radius 2 is 2.12 bits per heavy atom. The average molecular weight is 303 g/mol. The molecule has 0 fully saturated rings. The minimum atomic E-state index is -1.35. The first-order chi connectivity index (χ1) is 7.91. The van der Waals surface area contributed by atoms with Crippen LogP contribution in [-0.2, 0) is 4.79 Å². The van der Waals surface area contributed by atoms with Gasteiger partial charge in [0, 0.05) is 10.7 Å². The molecule has 0 unspecified atom stereocenters. The first-order valence-corrected chi connectivity index (χ1v) is 5.54. The van der Waals surface area contributed by atoms with Crippen LogP contribution >= 0.6 is 15.9 Å². The molecule has 1 aromatic heterocycles. The Morgan fingerprint density at radius 1 is 1.47 bits per heavy atom. The van der Waals surface area contributed by atoms with Gasteiger partial charge in [-0.3, -0.25) is 4.79 Å². The summed E-state index contributed by atoms with van der Waals surface area (Å²) in [6, 6.07) is 1.70. The van der Waals surface area contributed by atoms with Crippen LogP contribution in [-0.4, -0.2) is 39.2 Å². The van der Waals surface area contributed by atoms with Gasteiger partial charge in [-0.05, 0) is 35.0 Å². The van der Waals surface area contributed by atoms with Gasteiger partial charge in [-0.1, -0.05) is 0 Å². The lowest BCUT2D eigenvalue weighted by Crippen LogP contribution is -2.47. The number of amides is 1. The molecule has 0 aliphatic carbocycles. The van der Waals surface area contributed by atoms with E-state index in [4.69, 9.17) is 5.11 Å². The van der Waals surface area contributed by atoms with Crippen molar-refractivity contribution < 1.29 is 19.8 Å². The molecule has 0 spiro atoms. The van der Waals surface area contributed by atoms with Gasteiger partial charge in [-0.2, -0.15) is 0 Å². The van der Waals surface area contributed by atoms with Gasteiger partial charge < -0.3 is 15.5 Å². The van der Waals surface area contributed by atoms with Crippen LogP contribution < -0.4 is 5.32 Å². The largest absolute Gasteiger partial charge is 0.480 e. The molecule has 1 amide bonds. The van der Waals surface area contributed by atoms with Crippen LogP contribution in [0.1, 0.15) is 17.4 Å². The summed E-state index contributed by atoms with van der Waals surface area (Å²) in [6.07, 6.45) is 0.236. The van der Waals surface area contributed by atoms with Gasteiger partial charge in [0.05, 0.1) is 6.10 Å². The summed E-state index contributed by atoms with van der Waals surface area (Å²) in [5.41, 5.74) is 0.0834. The fraction of sp³-hybridized carbons (Fsp3) is 0.300. The van der Waals surface area contributed by atoms with E-state index in [1.165, 1.54) is 19.2 Å². The number of nitrogens with zero attached hydrogens (tertiary/aromatic N) is 1. The Kier molecular flexibility index (Phi) is 4.59. The predicted molar refractivity (Wildman–Crippen MR) is 62.5 cm³/mol. The van der Waals surface area contributed by atoms with Crippen LogP contribution in [0.2, 0.25) is 0 Å². The molecule has 1 aromatic rings. The second kappa shape index (κ2) is 5.74. The summed E-state index contributed by atoms with van der Waals surface area (Å²) in [5, 5.41) is 20.2. The van der Waals surface area contributed by atoms with E-state index in [2.05, 4.69) is 26.2 Å². The van der Waals surface area contributed by atoms with Gasteiger partial charge in [0.1, 0.15) is 5.69 Å². The van der Waals surface area contributed by atoms with E-state index in [-0.39, 0.29) is 5.69 Å². The number of hydrogen-bond acceptors (Lipinski definition) is 4. The SMILES string of the molecule is C[C@@H](O)[C@H](NC(=O)c1ccc(Br)cn1)C(=O)O. The highest BCUT2D eigenvalue weighted by molar-refractivity contribution is 9.10. The third-order valence-electron chi connectivity index (χ3n) is 2.00. The molecule has 0 radical (unpaired) electrons. The molecular formula is C10H11BrN2O4. The second-order valence-electron chi connectivity index (χ2n) is 3.39. The molecule has 0 bridgehead atoms. The van der Waals surface area contributed by atoms with Crippen molar-refractivity contribution in [2.45, 2.75) is 19.1 Å². The minimum absolute atomic E-state index is 0.0834. The average Bonchev–Trinajstić information content (AvgIpc) is 2.25. The van der Waals surface area contributed by atoms with Gasteiger partial charge in [0.15, 0.2) is 6.04 Å². The lowest BCUT2D eigenvalue weighted by Gasteiger charge is -2.16. The van der Waals surface area contributed by atoms with Crippen molar-refractivity contribution in [2.24, 2.45) is 0 Å². The number of halogens is 1. The van der Waals surface area contributed by atoms with Crippen molar-refractivity contribution in [3.63, 3.8) is 0 Å². The zero-order chi connectivity index (χ0) is 13.0. The van der Waals surface area contributed by atoms with Crippen LogP contribution in [0, 0.1) is 0 Å². The van der Waals surface area contributed by atoms with Crippen LogP contribution in [0.15, 0.2) is 22.8 Å². The van der Waals surface area contributed by atoms with Gasteiger partial charge in [-0.25, -0.2) is 9.78 Å². The topological polar surface area (TPSA) is 99.5 Å². The summed E-state index contributed by atoms with van der Waals surface area (Å²) >= 11 is 3.16. The van der Waals surface area contributed by atoms with Crippen LogP contribution in [0.4, 0.5) is 0 Å². The Balaban J connectivity index is 2.77. The molecule has 1 heterocycles. The monoisotopic (exact) mass is 302 g/mol. The number of nitrogens with one attached hydrogen (secondary N) is 1. The maximum absolute atomic E-state index is 11.6. The third-order valence-corrected chi connectivity index (χ3v) is 2.46. The van der Waals surface area contributed by atoms with Gasteiger partial charge in [0.2, 0.25) is 0 Å². The quantitative estimate of drug-likeness (QED) is 0.748. The van der Waals surface area contributed by atoms with Gasteiger partial charge in [0.25, 0.3) is 5.91 Å². The number of hydrogen-bond donors (Lipinski definition) is 3. The fourth-order valence-electron chi connectivity index (χ4n) is 1.11. The summed E-state index contributed by atoms with van der Waals surface area (Å²) in [7, 11) is 0. The zero-order valence-electron chi connectivity index (χ0n) is 8.92. The summed E-state index contributed by atoms with van der Waals surface area (Å²) in [4.78, 5) is 26.2. The van der Waals surface area contributed by atoms with E-state index in [0.29, 0.717) is 4.47 Å². The normalized spacial score (nSPS) is 13.8. The van der Waals surface area contributed by atoms with E-state index in [9.17, 15) is 14.7 Å². The van der Waals surface area contributed by atoms with Crippen molar-refractivity contribution in [2.75, 3.05) is 0 Å². The molecule has 0 aliphatic rings. The highest BCUT2D eigenvalue weighted by Gasteiger charge is 2.25. The van der Waals surface area contributed by atoms with Crippen LogP contribution in [0.5, 0.6) is 0 Å². The number of aliphatic carboxylic acids is 1. The fourth-order valence-corrected chi connectivity index (χ4v) is 1.35. The molecule has 17 heavy (non-hydrogen) atoms. The Morgan fingerprint density at radius 3 is 2.53 bits per heavy atom. The number of carbonyl (C=O) groups is 2. The summed E-state index contributed by atoms with van der Waals surface area (Å²) in [5.74, 6) is -1.95. The Bertz CT molecular complexity index is 419. The van der Waals surface area contributed by atoms with Crippen molar-refractivity contribution in [3.8, 4) is 0 Å². The van der Waals surface area contributed by atoms with E-state index < -0.39 is 24.0 Å². The summed E-state index contributed by atoms with van der Waals surface area (Å²) in [6.45, 7) is 1.29. The lowest BCUT2D eigenvalue weighted by atomic mass is 10.2. The highest BCUT2D eigenvalue weighted by atomic mass is 79.9. The molecule has 0 saturated carbocycles. The summed E-state index contributed by atoms with van der Waals surface area (Å²) < 4.78 is 0.708. The number of aromatic nitrogens is 1. The zero-order valence-corrected chi connectivity index (χ0v) is 10.5. The molecule has 0 aliphatic heterocycles. The number of rotatable bonds is 4. The van der Waals surface area contributed by atoms with E-state index in [0.717, 1.165) is 0 Å². The minimum Gasteiger partial charge on any atom is -0.480 e. The number of pyridine rings is 1.